The second-order valence-corrected chi connectivity index (χ2v) is 4.88. The number of nitrogens with one attached hydrogen (secondary N) is 1. The number of ether oxygens (including phenoxy) is 1. The molecule has 1 unspecified atom stereocenters. The highest BCUT2D eigenvalue weighted by atomic mass is 16.5. The van der Waals surface area contributed by atoms with E-state index in [-0.39, 0.29) is 5.60 Å². The Morgan fingerprint density at radius 1 is 1.14 bits per heavy atom. The molecule has 1 aliphatic carbocycles. The van der Waals surface area contributed by atoms with E-state index >= 15 is 0 Å². The molecule has 2 heteroatoms. The minimum Gasteiger partial charge on any atom is -0.377 e. The number of hydrogen-bond donors (Lipinski definition) is 1. The Kier molecular flexibility index (Phi) is 3.45. The molecule has 0 amide bonds. The zero-order chi connectivity index (χ0) is 9.86. The average Bonchev–Trinajstić information content (AvgIpc) is 2.31. The van der Waals surface area contributed by atoms with Crippen LogP contribution in [0.25, 0.3) is 0 Å². The van der Waals surface area contributed by atoms with Crippen molar-refractivity contribution in [3.8, 4) is 0 Å². The minimum absolute atomic E-state index is 0.179. The van der Waals surface area contributed by atoms with Gasteiger partial charge in [0, 0.05) is 13.7 Å². The van der Waals surface area contributed by atoms with E-state index in [9.17, 15) is 0 Å². The Bertz CT molecular complexity index is 169. The molecule has 1 heterocycles. The Labute approximate surface area is 87.4 Å². The largest absolute Gasteiger partial charge is 0.377 e. The first-order valence-electron chi connectivity index (χ1n) is 6.13. The van der Waals surface area contributed by atoms with Gasteiger partial charge in [0.2, 0.25) is 0 Å². The molecule has 0 radical (unpaired) electrons. The number of hydrogen-bond acceptors (Lipinski definition) is 2. The zero-order valence-corrected chi connectivity index (χ0v) is 9.35. The van der Waals surface area contributed by atoms with E-state index in [4.69, 9.17) is 4.74 Å². The van der Waals surface area contributed by atoms with Gasteiger partial charge in [-0.15, -0.1) is 0 Å². The monoisotopic (exact) mass is 197 g/mol. The summed E-state index contributed by atoms with van der Waals surface area (Å²) < 4.78 is 5.86. The summed E-state index contributed by atoms with van der Waals surface area (Å²) >= 11 is 0. The predicted octanol–water partition coefficient (Wildman–Crippen LogP) is 2.34. The van der Waals surface area contributed by atoms with Crippen molar-refractivity contribution in [1.29, 1.82) is 0 Å². The fourth-order valence-electron chi connectivity index (χ4n) is 3.22. The van der Waals surface area contributed by atoms with E-state index in [1.807, 2.05) is 7.11 Å². The molecule has 2 nitrogen and oxygen atoms in total. The van der Waals surface area contributed by atoms with Crippen LogP contribution in [0.15, 0.2) is 0 Å². The van der Waals surface area contributed by atoms with Gasteiger partial charge in [-0.3, -0.25) is 0 Å². The summed E-state index contributed by atoms with van der Waals surface area (Å²) in [5, 5.41) is 3.50. The molecule has 2 rings (SSSR count). The third-order valence-corrected chi connectivity index (χ3v) is 4.13. The number of piperidine rings is 1. The second-order valence-electron chi connectivity index (χ2n) is 4.88. The van der Waals surface area contributed by atoms with Crippen LogP contribution in [0.3, 0.4) is 0 Å². The lowest BCUT2D eigenvalue weighted by atomic mass is 9.73. The zero-order valence-electron chi connectivity index (χ0n) is 9.35. The normalized spacial score (nSPS) is 35.8. The summed E-state index contributed by atoms with van der Waals surface area (Å²) in [4.78, 5) is 0. The lowest BCUT2D eigenvalue weighted by Crippen LogP contribution is -2.52. The van der Waals surface area contributed by atoms with Gasteiger partial charge in [0.15, 0.2) is 0 Å². The molecule has 0 aromatic heterocycles. The van der Waals surface area contributed by atoms with Crippen LogP contribution < -0.4 is 5.32 Å². The van der Waals surface area contributed by atoms with Crippen LogP contribution in [0.5, 0.6) is 0 Å². The highest BCUT2D eigenvalue weighted by Gasteiger charge is 2.40. The average molecular weight is 197 g/mol. The van der Waals surface area contributed by atoms with Crippen molar-refractivity contribution in [3.05, 3.63) is 0 Å². The number of methoxy groups -OCH3 is 1. The summed E-state index contributed by atoms with van der Waals surface area (Å²) in [6.07, 6.45) is 9.58. The third-order valence-electron chi connectivity index (χ3n) is 4.13. The Morgan fingerprint density at radius 2 is 1.93 bits per heavy atom. The maximum atomic E-state index is 5.86. The van der Waals surface area contributed by atoms with Gasteiger partial charge in [-0.1, -0.05) is 19.3 Å². The van der Waals surface area contributed by atoms with Crippen molar-refractivity contribution in [1.82, 2.24) is 5.32 Å². The predicted molar refractivity (Wildman–Crippen MR) is 58.4 cm³/mol. The molecule has 1 saturated heterocycles. The van der Waals surface area contributed by atoms with E-state index in [2.05, 4.69) is 5.32 Å². The van der Waals surface area contributed by atoms with Crippen molar-refractivity contribution in [3.63, 3.8) is 0 Å². The van der Waals surface area contributed by atoms with Gasteiger partial charge < -0.3 is 10.1 Å². The van der Waals surface area contributed by atoms with Gasteiger partial charge in [-0.2, -0.15) is 0 Å². The first kappa shape index (κ1) is 10.4. The van der Waals surface area contributed by atoms with Crippen molar-refractivity contribution in [2.75, 3.05) is 20.2 Å². The SMILES string of the molecule is COC1(C2CCCCC2)CCCNC1. The second kappa shape index (κ2) is 4.63. The third kappa shape index (κ3) is 1.96. The van der Waals surface area contributed by atoms with Crippen LogP contribution >= 0.6 is 0 Å². The van der Waals surface area contributed by atoms with E-state index in [0.717, 1.165) is 12.5 Å². The molecule has 0 aromatic rings. The molecule has 14 heavy (non-hydrogen) atoms. The molecular weight excluding hydrogens is 174 g/mol. The first-order chi connectivity index (χ1) is 6.87. The quantitative estimate of drug-likeness (QED) is 0.733. The lowest BCUT2D eigenvalue weighted by Gasteiger charge is -2.44. The smallest absolute Gasteiger partial charge is 0.0830 e. The molecule has 0 aromatic carbocycles. The van der Waals surface area contributed by atoms with Crippen molar-refractivity contribution in [2.24, 2.45) is 5.92 Å². The van der Waals surface area contributed by atoms with Gasteiger partial charge >= 0.3 is 0 Å². The summed E-state index contributed by atoms with van der Waals surface area (Å²) in [7, 11) is 1.90. The Balaban J connectivity index is 2.01. The summed E-state index contributed by atoms with van der Waals surface area (Å²) in [6, 6.07) is 0. The van der Waals surface area contributed by atoms with Crippen LogP contribution in [-0.4, -0.2) is 25.8 Å². The van der Waals surface area contributed by atoms with Crippen LogP contribution in [0.4, 0.5) is 0 Å². The minimum atomic E-state index is 0.179. The lowest BCUT2D eigenvalue weighted by molar-refractivity contribution is -0.0837. The fraction of sp³-hybridized carbons (Fsp3) is 1.00. The van der Waals surface area contributed by atoms with Gasteiger partial charge in [-0.05, 0) is 38.1 Å². The fourth-order valence-corrected chi connectivity index (χ4v) is 3.22. The Morgan fingerprint density at radius 3 is 2.50 bits per heavy atom. The molecule has 1 aliphatic heterocycles. The molecule has 0 bridgehead atoms. The molecule has 1 atom stereocenters. The standard InChI is InChI=1S/C12H23NO/c1-14-12(8-5-9-13-10-12)11-6-3-2-4-7-11/h11,13H,2-10H2,1H3. The molecule has 1 saturated carbocycles. The van der Waals surface area contributed by atoms with Crippen LogP contribution in [0.1, 0.15) is 44.9 Å². The summed E-state index contributed by atoms with van der Waals surface area (Å²) in [5.41, 5.74) is 0.179. The molecule has 82 valence electrons. The highest BCUT2D eigenvalue weighted by molar-refractivity contribution is 4.94. The maximum absolute atomic E-state index is 5.86. The summed E-state index contributed by atoms with van der Waals surface area (Å²) in [5.74, 6) is 0.814. The topological polar surface area (TPSA) is 21.3 Å². The first-order valence-corrected chi connectivity index (χ1v) is 6.13. The highest BCUT2D eigenvalue weighted by Crippen LogP contribution is 2.38. The Hall–Kier alpha value is -0.0800. The van der Waals surface area contributed by atoms with Crippen LogP contribution in [0, 0.1) is 5.92 Å². The van der Waals surface area contributed by atoms with Gasteiger partial charge in [-0.25, -0.2) is 0 Å². The maximum Gasteiger partial charge on any atom is 0.0830 e. The van der Waals surface area contributed by atoms with E-state index in [0.29, 0.717) is 0 Å². The number of rotatable bonds is 2. The molecule has 2 fully saturated rings. The van der Waals surface area contributed by atoms with E-state index in [1.54, 1.807) is 0 Å². The van der Waals surface area contributed by atoms with Crippen LogP contribution in [-0.2, 0) is 4.74 Å². The van der Waals surface area contributed by atoms with E-state index in [1.165, 1.54) is 51.5 Å². The summed E-state index contributed by atoms with van der Waals surface area (Å²) in [6.45, 7) is 2.26. The molecule has 0 spiro atoms. The van der Waals surface area contributed by atoms with Crippen molar-refractivity contribution >= 4 is 0 Å². The molecule has 1 N–H and O–H groups in total. The van der Waals surface area contributed by atoms with Crippen LogP contribution in [0.2, 0.25) is 0 Å². The van der Waals surface area contributed by atoms with Gasteiger partial charge in [0.25, 0.3) is 0 Å². The molecule has 2 aliphatic rings. The van der Waals surface area contributed by atoms with Gasteiger partial charge in [0.1, 0.15) is 0 Å². The van der Waals surface area contributed by atoms with Crippen molar-refractivity contribution < 1.29 is 4.74 Å². The van der Waals surface area contributed by atoms with E-state index < -0.39 is 0 Å². The van der Waals surface area contributed by atoms with Gasteiger partial charge in [0.05, 0.1) is 5.60 Å². The molecular formula is C12H23NO. The van der Waals surface area contributed by atoms with Crippen molar-refractivity contribution in [2.45, 2.75) is 50.5 Å².